The molecule has 0 unspecified atom stereocenters. The summed E-state index contributed by atoms with van der Waals surface area (Å²) in [6.45, 7) is 0. The van der Waals surface area contributed by atoms with Gasteiger partial charge in [0.15, 0.2) is 11.2 Å². The summed E-state index contributed by atoms with van der Waals surface area (Å²) in [7, 11) is 0. The molecular formula is C21H23N3O4. The quantitative estimate of drug-likeness (QED) is 0.629. The number of aromatic amines is 1. The largest absolute Gasteiger partial charge is 0.418 e. The Bertz CT molecular complexity index is 1020. The molecule has 0 atom stereocenters. The molecule has 7 nitrogen and oxygen atoms in total. The van der Waals surface area contributed by atoms with Gasteiger partial charge in [-0.25, -0.2) is 9.78 Å². The number of rotatable bonds is 5. The molecule has 0 aliphatic heterocycles. The van der Waals surface area contributed by atoms with Gasteiger partial charge in [0.1, 0.15) is 0 Å². The highest BCUT2D eigenvalue weighted by molar-refractivity contribution is 5.76. The van der Waals surface area contributed by atoms with E-state index < -0.39 is 11.4 Å². The summed E-state index contributed by atoms with van der Waals surface area (Å²) in [5, 5.41) is 14.1. The topological polar surface area (TPSA) is 108 Å². The van der Waals surface area contributed by atoms with E-state index in [1.165, 1.54) is 0 Å². The standard InChI is InChI=1S/C21H23N3O4/c25-18(7-6-14-4-2-1-3-5-14)23-16-8-10-21(27,11-9-16)15-12-17-19(22-13-15)24-20(26)28-17/h1-5,12-13,16,27H,6-11H2,(H,23,25)(H,22,24,26). The molecule has 1 fully saturated rings. The van der Waals surface area contributed by atoms with Crippen LogP contribution in [0.5, 0.6) is 0 Å². The number of aromatic nitrogens is 2. The fourth-order valence-corrected chi connectivity index (χ4v) is 3.82. The van der Waals surface area contributed by atoms with Crippen molar-refractivity contribution in [1.29, 1.82) is 0 Å². The lowest BCUT2D eigenvalue weighted by Crippen LogP contribution is -2.42. The number of benzene rings is 1. The molecule has 0 radical (unpaired) electrons. The van der Waals surface area contributed by atoms with Gasteiger partial charge in [-0.1, -0.05) is 30.3 Å². The van der Waals surface area contributed by atoms with Crippen LogP contribution in [-0.4, -0.2) is 27.0 Å². The second-order valence-corrected chi connectivity index (χ2v) is 7.44. The first kappa shape index (κ1) is 18.4. The first-order valence-electron chi connectivity index (χ1n) is 9.57. The predicted octanol–water partition coefficient (Wildman–Crippen LogP) is 2.40. The normalized spacial score (nSPS) is 22.2. The number of carbonyl (C=O) groups excluding carboxylic acids is 1. The van der Waals surface area contributed by atoms with Gasteiger partial charge in [-0.15, -0.1) is 0 Å². The Hall–Kier alpha value is -2.93. The van der Waals surface area contributed by atoms with Crippen molar-refractivity contribution < 1.29 is 14.3 Å². The molecule has 1 aromatic carbocycles. The van der Waals surface area contributed by atoms with E-state index in [0.717, 1.165) is 12.0 Å². The third kappa shape index (κ3) is 3.99. The molecule has 0 bridgehead atoms. The maximum atomic E-state index is 12.2. The Morgan fingerprint density at radius 1 is 1.29 bits per heavy atom. The minimum absolute atomic E-state index is 0.0384. The maximum absolute atomic E-state index is 12.2. The number of carbonyl (C=O) groups is 1. The molecule has 1 aliphatic carbocycles. The summed E-state index contributed by atoms with van der Waals surface area (Å²) in [5.41, 5.74) is 1.47. The molecule has 146 valence electrons. The molecule has 0 saturated heterocycles. The van der Waals surface area contributed by atoms with Crippen LogP contribution in [0.1, 0.15) is 43.2 Å². The van der Waals surface area contributed by atoms with Crippen LogP contribution < -0.4 is 11.1 Å². The number of aryl methyl sites for hydroxylation is 1. The highest BCUT2D eigenvalue weighted by Crippen LogP contribution is 2.37. The average molecular weight is 381 g/mol. The SMILES string of the molecule is O=C(CCc1ccccc1)NC1CCC(O)(c2cnc3[nH]c(=O)oc3c2)CC1. The Balaban J connectivity index is 1.32. The number of oxazole rings is 1. The zero-order valence-corrected chi connectivity index (χ0v) is 15.5. The summed E-state index contributed by atoms with van der Waals surface area (Å²) in [5.74, 6) is -0.523. The minimum Gasteiger partial charge on any atom is -0.406 e. The molecule has 0 spiro atoms. The number of nitrogens with zero attached hydrogens (tertiary/aromatic N) is 1. The lowest BCUT2D eigenvalue weighted by atomic mass is 9.78. The van der Waals surface area contributed by atoms with Crippen molar-refractivity contribution in [2.75, 3.05) is 0 Å². The van der Waals surface area contributed by atoms with Gasteiger partial charge in [-0.2, -0.15) is 0 Å². The van der Waals surface area contributed by atoms with Crippen LogP contribution in [0.4, 0.5) is 0 Å². The van der Waals surface area contributed by atoms with Crippen molar-refractivity contribution in [3.8, 4) is 0 Å². The molecule has 1 saturated carbocycles. The number of fused-ring (bicyclic) bond motifs is 1. The van der Waals surface area contributed by atoms with Crippen LogP contribution in [0.25, 0.3) is 11.2 Å². The Labute approximate surface area is 161 Å². The van der Waals surface area contributed by atoms with Crippen molar-refractivity contribution in [3.05, 3.63) is 64.3 Å². The number of amides is 1. The van der Waals surface area contributed by atoms with Crippen molar-refractivity contribution in [2.45, 2.75) is 50.2 Å². The molecule has 2 aromatic heterocycles. The third-order valence-corrected chi connectivity index (χ3v) is 5.47. The first-order valence-corrected chi connectivity index (χ1v) is 9.57. The summed E-state index contributed by atoms with van der Waals surface area (Å²) >= 11 is 0. The number of nitrogens with one attached hydrogen (secondary N) is 2. The molecule has 3 aromatic rings. The molecule has 1 amide bonds. The van der Waals surface area contributed by atoms with Gasteiger partial charge in [0.2, 0.25) is 5.91 Å². The highest BCUT2D eigenvalue weighted by Gasteiger charge is 2.36. The summed E-state index contributed by atoms with van der Waals surface area (Å²) in [6, 6.07) is 11.7. The van der Waals surface area contributed by atoms with E-state index in [2.05, 4.69) is 15.3 Å². The number of aliphatic hydroxyl groups is 1. The van der Waals surface area contributed by atoms with Crippen LogP contribution in [-0.2, 0) is 16.8 Å². The van der Waals surface area contributed by atoms with Gasteiger partial charge in [0.25, 0.3) is 0 Å². The van der Waals surface area contributed by atoms with E-state index in [-0.39, 0.29) is 11.9 Å². The van der Waals surface area contributed by atoms with Crippen molar-refractivity contribution in [3.63, 3.8) is 0 Å². The van der Waals surface area contributed by atoms with Crippen LogP contribution in [0, 0.1) is 0 Å². The van der Waals surface area contributed by atoms with Crippen LogP contribution in [0.15, 0.2) is 51.8 Å². The van der Waals surface area contributed by atoms with Gasteiger partial charge in [0, 0.05) is 24.2 Å². The predicted molar refractivity (Wildman–Crippen MR) is 104 cm³/mol. The van der Waals surface area contributed by atoms with Gasteiger partial charge < -0.3 is 14.8 Å². The van der Waals surface area contributed by atoms with Crippen molar-refractivity contribution >= 4 is 17.1 Å². The summed E-state index contributed by atoms with van der Waals surface area (Å²) in [4.78, 5) is 30.2. The van der Waals surface area contributed by atoms with E-state index in [4.69, 9.17) is 4.42 Å². The number of hydrogen-bond donors (Lipinski definition) is 3. The van der Waals surface area contributed by atoms with E-state index in [0.29, 0.717) is 48.9 Å². The second-order valence-electron chi connectivity index (χ2n) is 7.44. The molecule has 3 N–H and O–H groups in total. The maximum Gasteiger partial charge on any atom is 0.418 e. The first-order chi connectivity index (χ1) is 13.5. The summed E-state index contributed by atoms with van der Waals surface area (Å²) < 4.78 is 5.04. The van der Waals surface area contributed by atoms with Gasteiger partial charge in [0.05, 0.1) is 5.60 Å². The summed E-state index contributed by atoms with van der Waals surface area (Å²) in [6.07, 6.45) is 5.14. The molecule has 28 heavy (non-hydrogen) atoms. The van der Waals surface area contributed by atoms with Crippen molar-refractivity contribution in [2.24, 2.45) is 0 Å². The smallest absolute Gasteiger partial charge is 0.406 e. The van der Waals surface area contributed by atoms with Gasteiger partial charge in [-0.05, 0) is 43.7 Å². The highest BCUT2D eigenvalue weighted by atomic mass is 16.4. The van der Waals surface area contributed by atoms with Crippen molar-refractivity contribution in [1.82, 2.24) is 15.3 Å². The minimum atomic E-state index is -1.03. The van der Waals surface area contributed by atoms with E-state index in [1.54, 1.807) is 12.3 Å². The van der Waals surface area contributed by atoms with E-state index in [9.17, 15) is 14.7 Å². The Morgan fingerprint density at radius 3 is 2.79 bits per heavy atom. The molecule has 1 aliphatic rings. The van der Waals surface area contributed by atoms with Gasteiger partial charge >= 0.3 is 5.76 Å². The fraction of sp³-hybridized carbons (Fsp3) is 0.381. The van der Waals surface area contributed by atoms with Gasteiger partial charge in [-0.3, -0.25) is 9.78 Å². The van der Waals surface area contributed by atoms with E-state index in [1.807, 2.05) is 30.3 Å². The lowest BCUT2D eigenvalue weighted by molar-refractivity contribution is -0.122. The Kier molecular flexibility index (Phi) is 5.00. The third-order valence-electron chi connectivity index (χ3n) is 5.47. The van der Waals surface area contributed by atoms with Crippen LogP contribution >= 0.6 is 0 Å². The average Bonchev–Trinajstić information content (AvgIpc) is 3.08. The zero-order valence-electron chi connectivity index (χ0n) is 15.5. The molecule has 2 heterocycles. The molecule has 7 heteroatoms. The molecule has 4 rings (SSSR count). The van der Waals surface area contributed by atoms with Crippen LogP contribution in [0.2, 0.25) is 0 Å². The molecular weight excluding hydrogens is 358 g/mol. The number of H-pyrrole nitrogens is 1. The fourth-order valence-electron chi connectivity index (χ4n) is 3.82. The number of pyridine rings is 1. The number of hydrogen-bond acceptors (Lipinski definition) is 5. The Morgan fingerprint density at radius 2 is 2.04 bits per heavy atom. The van der Waals surface area contributed by atoms with Crippen LogP contribution in [0.3, 0.4) is 0 Å². The lowest BCUT2D eigenvalue weighted by Gasteiger charge is -2.36. The monoisotopic (exact) mass is 381 g/mol. The second kappa shape index (κ2) is 7.59. The zero-order chi connectivity index (χ0) is 19.6. The van der Waals surface area contributed by atoms with E-state index >= 15 is 0 Å².